The Labute approximate surface area is 303 Å². The number of hydrogen-bond donors (Lipinski definition) is 4. The lowest BCUT2D eigenvalue weighted by molar-refractivity contribution is -0.321. The van der Waals surface area contributed by atoms with E-state index in [1.807, 2.05) is 46.8 Å². The molecule has 0 unspecified atom stereocenters. The maximum Gasteiger partial charge on any atom is 0.303 e. The molecule has 1 heterocycles. The van der Waals surface area contributed by atoms with Crippen molar-refractivity contribution in [3.05, 3.63) is 47.1 Å². The van der Waals surface area contributed by atoms with Gasteiger partial charge in [-0.3, -0.25) is 14.4 Å². The average molecular weight is 719 g/mol. The first-order valence-corrected chi connectivity index (χ1v) is 18.2. The Hall–Kier alpha value is -2.67. The number of carbonyl (C=O) groups excluding carboxylic acids is 3. The zero-order valence-corrected chi connectivity index (χ0v) is 32.0. The number of allylic oxidation sites excluding steroid dienone is 4. The lowest BCUT2D eigenvalue weighted by Crippen LogP contribution is -2.60. The number of ether oxygens (including phenoxy) is 4. The third-order valence-electron chi connectivity index (χ3n) is 11.4. The smallest absolute Gasteiger partial charge is 0.303 e. The van der Waals surface area contributed by atoms with E-state index in [-0.39, 0.29) is 23.7 Å². The van der Waals surface area contributed by atoms with Crippen LogP contribution in [0.15, 0.2) is 47.1 Å². The number of aliphatic hydroxyl groups is 4. The number of hydrogen-bond acceptors (Lipinski definition) is 11. The summed E-state index contributed by atoms with van der Waals surface area (Å²) in [5.41, 5.74) is 3.02. The van der Waals surface area contributed by atoms with Crippen molar-refractivity contribution in [1.29, 1.82) is 0 Å². The van der Waals surface area contributed by atoms with Gasteiger partial charge in [0.05, 0.1) is 12.7 Å². The monoisotopic (exact) mass is 718 g/mol. The molecule has 0 amide bonds. The molecule has 2 fully saturated rings. The molecule has 0 aromatic rings. The zero-order chi connectivity index (χ0) is 38.4. The van der Waals surface area contributed by atoms with Crippen molar-refractivity contribution in [3.63, 3.8) is 0 Å². The SMILES string of the molecule is C=C1CC[C@H](O[C@@H]2O[C@H](CO)[C@H](O)[C@H](O)[C@H]2O)C(C)(C)[C@@H]1CCC(C)=CC[C@H](C=C(C)[C@H](C[C@@H]1C(C)=CCC(=O)C1(C)C)OC(C)=O)OC(C)=O. The number of Topliss-reactive ketones (excluding diaryl/α,β-unsaturated/α-hetero) is 1. The van der Waals surface area contributed by atoms with Crippen LogP contribution in [0.3, 0.4) is 0 Å². The Morgan fingerprint density at radius 3 is 2.27 bits per heavy atom. The highest BCUT2D eigenvalue weighted by Gasteiger charge is 2.49. The fraction of sp³-hybridized carbons (Fsp3) is 0.725. The average Bonchev–Trinajstić information content (AvgIpc) is 3.03. The number of carbonyl (C=O) groups is 3. The van der Waals surface area contributed by atoms with Gasteiger partial charge in [-0.05, 0) is 81.8 Å². The molecule has 2 aliphatic carbocycles. The second-order valence-corrected chi connectivity index (χ2v) is 16.0. The van der Waals surface area contributed by atoms with Gasteiger partial charge in [-0.2, -0.15) is 0 Å². The van der Waals surface area contributed by atoms with Crippen LogP contribution in [0.25, 0.3) is 0 Å². The standard InChI is InChI=1S/C40H62O11/c1-22(12-16-29-23(2)14-18-34(40(29,9)10)51-38-37(47)36(46)35(45)32(21-41)50-38)11-15-28(48-26(5)42)19-25(4)31(49-27(6)43)20-30-24(3)13-17-33(44)39(30,7)8/h11,13,19,28-32,34-38,41,45-47H,2,12,14-18,20-21H2,1,3-10H3/t28-,29-,30-,31+,32-,34+,35+,36+,37-,38+/m1/s1. The van der Waals surface area contributed by atoms with Crippen LogP contribution in [-0.4, -0.2) is 93.8 Å². The summed E-state index contributed by atoms with van der Waals surface area (Å²) in [4.78, 5) is 37.1. The van der Waals surface area contributed by atoms with Gasteiger partial charge < -0.3 is 39.4 Å². The van der Waals surface area contributed by atoms with Crippen LogP contribution >= 0.6 is 0 Å². The molecule has 10 atom stereocenters. The van der Waals surface area contributed by atoms with Crippen molar-refractivity contribution in [2.75, 3.05) is 6.61 Å². The molecule has 1 aliphatic heterocycles. The van der Waals surface area contributed by atoms with E-state index in [0.717, 1.165) is 35.1 Å². The van der Waals surface area contributed by atoms with Gasteiger partial charge in [-0.1, -0.05) is 63.1 Å². The van der Waals surface area contributed by atoms with Crippen molar-refractivity contribution in [3.8, 4) is 0 Å². The summed E-state index contributed by atoms with van der Waals surface area (Å²) in [6.45, 7) is 20.5. The van der Waals surface area contributed by atoms with Gasteiger partial charge in [0.25, 0.3) is 0 Å². The van der Waals surface area contributed by atoms with E-state index in [4.69, 9.17) is 18.9 Å². The quantitative estimate of drug-likeness (QED) is 0.140. The van der Waals surface area contributed by atoms with Crippen molar-refractivity contribution in [2.24, 2.45) is 22.7 Å². The molecular formula is C40H62O11. The minimum atomic E-state index is -1.51. The Balaban J connectivity index is 1.72. The second kappa shape index (κ2) is 17.9. The number of rotatable bonds is 14. The molecule has 0 aromatic carbocycles. The molecule has 4 N–H and O–H groups in total. The molecule has 3 aliphatic rings. The topological polar surface area (TPSA) is 169 Å². The van der Waals surface area contributed by atoms with Gasteiger partial charge in [-0.15, -0.1) is 0 Å². The third kappa shape index (κ3) is 10.7. The highest BCUT2D eigenvalue weighted by atomic mass is 16.7. The largest absolute Gasteiger partial charge is 0.458 e. The lowest BCUT2D eigenvalue weighted by atomic mass is 9.63. The summed E-state index contributed by atoms with van der Waals surface area (Å²) in [5.74, 6) is -0.753. The maximum absolute atomic E-state index is 12.8. The normalized spacial score (nSPS) is 32.5. The fourth-order valence-corrected chi connectivity index (χ4v) is 7.97. The van der Waals surface area contributed by atoms with Crippen molar-refractivity contribution in [2.45, 2.75) is 156 Å². The maximum atomic E-state index is 12.8. The first-order chi connectivity index (χ1) is 23.7. The first kappa shape index (κ1) is 42.7. The van der Waals surface area contributed by atoms with Crippen LogP contribution in [-0.2, 0) is 33.3 Å². The van der Waals surface area contributed by atoms with E-state index >= 15 is 0 Å². The van der Waals surface area contributed by atoms with E-state index in [2.05, 4.69) is 26.5 Å². The molecule has 0 bridgehead atoms. The highest BCUT2D eigenvalue weighted by Crippen LogP contribution is 2.48. The molecule has 3 rings (SSSR count). The lowest BCUT2D eigenvalue weighted by Gasteiger charge is -2.49. The minimum absolute atomic E-state index is 0.0637. The van der Waals surface area contributed by atoms with E-state index in [1.165, 1.54) is 13.8 Å². The summed E-state index contributed by atoms with van der Waals surface area (Å²) in [5, 5.41) is 40.6. The van der Waals surface area contributed by atoms with Gasteiger partial charge in [0.2, 0.25) is 0 Å². The first-order valence-electron chi connectivity index (χ1n) is 18.2. The van der Waals surface area contributed by atoms with Gasteiger partial charge in [0.1, 0.15) is 42.4 Å². The van der Waals surface area contributed by atoms with E-state index in [1.54, 1.807) is 0 Å². The number of aliphatic hydroxyl groups excluding tert-OH is 4. The number of ketones is 1. The van der Waals surface area contributed by atoms with E-state index in [9.17, 15) is 34.8 Å². The van der Waals surface area contributed by atoms with Gasteiger partial charge in [0, 0.05) is 32.1 Å². The van der Waals surface area contributed by atoms with Crippen LogP contribution in [0, 0.1) is 22.7 Å². The van der Waals surface area contributed by atoms with Crippen LogP contribution < -0.4 is 0 Å². The van der Waals surface area contributed by atoms with Crippen LogP contribution in [0.2, 0.25) is 0 Å². The summed E-state index contributed by atoms with van der Waals surface area (Å²) in [6.07, 6.45) is 1.73. The molecule has 51 heavy (non-hydrogen) atoms. The summed E-state index contributed by atoms with van der Waals surface area (Å²) >= 11 is 0. The Morgan fingerprint density at radius 2 is 1.67 bits per heavy atom. The van der Waals surface area contributed by atoms with E-state index in [0.29, 0.717) is 32.1 Å². The van der Waals surface area contributed by atoms with Crippen LogP contribution in [0.4, 0.5) is 0 Å². The Bertz CT molecular complexity index is 1360. The van der Waals surface area contributed by atoms with E-state index < -0.39 is 72.3 Å². The third-order valence-corrected chi connectivity index (χ3v) is 11.4. The molecule has 1 saturated heterocycles. The molecule has 1 saturated carbocycles. The predicted octanol–water partition coefficient (Wildman–Crippen LogP) is 5.04. The second-order valence-electron chi connectivity index (χ2n) is 16.0. The van der Waals surface area contributed by atoms with Crippen molar-refractivity contribution < 1.29 is 53.8 Å². The summed E-state index contributed by atoms with van der Waals surface area (Å²) in [6, 6.07) is 0. The Kier molecular flexibility index (Phi) is 15.0. The molecule has 0 radical (unpaired) electrons. The van der Waals surface area contributed by atoms with Crippen molar-refractivity contribution in [1.82, 2.24) is 0 Å². The molecule has 11 nitrogen and oxygen atoms in total. The summed E-state index contributed by atoms with van der Waals surface area (Å²) in [7, 11) is 0. The predicted molar refractivity (Wildman–Crippen MR) is 192 cm³/mol. The minimum Gasteiger partial charge on any atom is -0.458 e. The van der Waals surface area contributed by atoms with Gasteiger partial charge >= 0.3 is 11.9 Å². The zero-order valence-electron chi connectivity index (χ0n) is 32.0. The highest BCUT2D eigenvalue weighted by molar-refractivity contribution is 5.87. The Morgan fingerprint density at radius 1 is 1.02 bits per heavy atom. The van der Waals surface area contributed by atoms with Crippen molar-refractivity contribution >= 4 is 17.7 Å². The summed E-state index contributed by atoms with van der Waals surface area (Å²) < 4.78 is 23.3. The molecular weight excluding hydrogens is 656 g/mol. The van der Waals surface area contributed by atoms with Gasteiger partial charge in [0.15, 0.2) is 6.29 Å². The molecule has 288 valence electrons. The molecule has 0 spiro atoms. The molecule has 0 aromatic heterocycles. The fourth-order valence-electron chi connectivity index (χ4n) is 7.97. The van der Waals surface area contributed by atoms with Gasteiger partial charge in [-0.25, -0.2) is 0 Å². The molecule has 11 heteroatoms. The van der Waals surface area contributed by atoms with Crippen LogP contribution in [0.1, 0.15) is 107 Å². The van der Waals surface area contributed by atoms with Crippen LogP contribution in [0.5, 0.6) is 0 Å². The number of esters is 2.